The summed E-state index contributed by atoms with van der Waals surface area (Å²) < 4.78 is 5.10. The average molecular weight is 342 g/mol. The van der Waals surface area contributed by atoms with Gasteiger partial charge in [-0.2, -0.15) is 0 Å². The van der Waals surface area contributed by atoms with Crippen molar-refractivity contribution in [1.82, 2.24) is 5.32 Å². The summed E-state index contributed by atoms with van der Waals surface area (Å²) in [7, 11) is 0. The lowest BCUT2D eigenvalue weighted by atomic mass is 9.95. The summed E-state index contributed by atoms with van der Waals surface area (Å²) in [6.07, 6.45) is 8.25. The highest BCUT2D eigenvalue weighted by molar-refractivity contribution is 6.04. The Bertz CT molecular complexity index is 694. The van der Waals surface area contributed by atoms with Crippen LogP contribution in [-0.2, 0) is 14.3 Å². The molecule has 0 heterocycles. The van der Waals surface area contributed by atoms with E-state index in [0.717, 1.165) is 25.7 Å². The summed E-state index contributed by atoms with van der Waals surface area (Å²) in [6.45, 7) is -0.350. The SMILES string of the molecule is O=C(COC(=O)[C@H]1CC=CCC1)Nc1ccccc1C(=O)NC1CC1. The van der Waals surface area contributed by atoms with E-state index < -0.39 is 5.91 Å². The number of hydrogen-bond donors (Lipinski definition) is 2. The van der Waals surface area contributed by atoms with Crippen LogP contribution in [0.3, 0.4) is 0 Å². The van der Waals surface area contributed by atoms with Crippen molar-refractivity contribution in [3.8, 4) is 0 Å². The minimum atomic E-state index is -0.452. The van der Waals surface area contributed by atoms with Gasteiger partial charge < -0.3 is 15.4 Å². The van der Waals surface area contributed by atoms with Crippen molar-refractivity contribution in [3.63, 3.8) is 0 Å². The topological polar surface area (TPSA) is 84.5 Å². The summed E-state index contributed by atoms with van der Waals surface area (Å²) in [5.41, 5.74) is 0.828. The second-order valence-corrected chi connectivity index (χ2v) is 6.43. The standard InChI is InChI=1S/C19H22N2O4/c22-17(12-25-19(24)13-6-2-1-3-7-13)21-16-9-5-4-8-15(16)18(23)20-14-10-11-14/h1-2,4-5,8-9,13-14H,3,6-7,10-12H2,(H,20,23)(H,21,22)/t13-/m0/s1. The van der Waals surface area contributed by atoms with E-state index in [0.29, 0.717) is 17.7 Å². The minimum Gasteiger partial charge on any atom is -0.455 e. The smallest absolute Gasteiger partial charge is 0.309 e. The Hall–Kier alpha value is -2.63. The molecular weight excluding hydrogens is 320 g/mol. The number of nitrogens with one attached hydrogen (secondary N) is 2. The van der Waals surface area contributed by atoms with Crippen molar-refractivity contribution in [2.45, 2.75) is 38.1 Å². The number of ether oxygens (including phenoxy) is 1. The van der Waals surface area contributed by atoms with Crippen molar-refractivity contribution >= 4 is 23.5 Å². The molecule has 2 aliphatic rings. The molecule has 0 saturated heterocycles. The Morgan fingerprint density at radius 3 is 2.60 bits per heavy atom. The summed E-state index contributed by atoms with van der Waals surface area (Å²) >= 11 is 0. The van der Waals surface area contributed by atoms with Crippen LogP contribution < -0.4 is 10.6 Å². The second-order valence-electron chi connectivity index (χ2n) is 6.43. The Morgan fingerprint density at radius 1 is 1.08 bits per heavy atom. The molecule has 0 spiro atoms. The highest BCUT2D eigenvalue weighted by Gasteiger charge is 2.25. The maximum absolute atomic E-state index is 12.2. The predicted octanol–water partition coefficient (Wildman–Crippen LogP) is 2.42. The summed E-state index contributed by atoms with van der Waals surface area (Å²) in [5.74, 6) is -1.18. The lowest BCUT2D eigenvalue weighted by Gasteiger charge is -2.16. The highest BCUT2D eigenvalue weighted by Crippen LogP contribution is 2.22. The van der Waals surface area contributed by atoms with Gasteiger partial charge in [0.2, 0.25) is 0 Å². The largest absolute Gasteiger partial charge is 0.455 e. The quantitative estimate of drug-likeness (QED) is 0.614. The van der Waals surface area contributed by atoms with Crippen molar-refractivity contribution < 1.29 is 19.1 Å². The number of hydrogen-bond acceptors (Lipinski definition) is 4. The van der Waals surface area contributed by atoms with Crippen LogP contribution in [0.15, 0.2) is 36.4 Å². The third kappa shape index (κ3) is 4.92. The van der Waals surface area contributed by atoms with Crippen LogP contribution in [0.5, 0.6) is 0 Å². The van der Waals surface area contributed by atoms with Crippen LogP contribution in [0.25, 0.3) is 0 Å². The van der Waals surface area contributed by atoms with E-state index in [1.165, 1.54) is 0 Å². The molecule has 1 atom stereocenters. The summed E-state index contributed by atoms with van der Waals surface area (Å²) in [4.78, 5) is 36.2. The maximum Gasteiger partial charge on any atom is 0.309 e. The number of anilines is 1. The first kappa shape index (κ1) is 17.2. The Labute approximate surface area is 146 Å². The number of carbonyl (C=O) groups is 3. The van der Waals surface area contributed by atoms with Crippen molar-refractivity contribution in [1.29, 1.82) is 0 Å². The molecule has 3 rings (SSSR count). The lowest BCUT2D eigenvalue weighted by Crippen LogP contribution is -2.28. The molecule has 0 bridgehead atoms. The monoisotopic (exact) mass is 342 g/mol. The number of carbonyl (C=O) groups excluding carboxylic acids is 3. The Balaban J connectivity index is 1.53. The van der Waals surface area contributed by atoms with E-state index in [-0.39, 0.29) is 30.4 Å². The van der Waals surface area contributed by atoms with E-state index in [1.807, 2.05) is 12.2 Å². The first-order valence-corrected chi connectivity index (χ1v) is 8.65. The first-order valence-electron chi connectivity index (χ1n) is 8.65. The van der Waals surface area contributed by atoms with E-state index in [2.05, 4.69) is 10.6 Å². The van der Waals surface area contributed by atoms with Crippen molar-refractivity contribution in [2.75, 3.05) is 11.9 Å². The number of amides is 2. The second kappa shape index (κ2) is 7.96. The number of esters is 1. The van der Waals surface area contributed by atoms with Crippen LogP contribution >= 0.6 is 0 Å². The molecule has 25 heavy (non-hydrogen) atoms. The van der Waals surface area contributed by atoms with Gasteiger partial charge in [-0.3, -0.25) is 14.4 Å². The summed E-state index contributed by atoms with van der Waals surface area (Å²) in [5, 5.41) is 5.55. The van der Waals surface area contributed by atoms with Gasteiger partial charge in [-0.25, -0.2) is 0 Å². The molecule has 2 N–H and O–H groups in total. The maximum atomic E-state index is 12.2. The Kier molecular flexibility index (Phi) is 5.48. The van der Waals surface area contributed by atoms with Gasteiger partial charge in [-0.05, 0) is 44.2 Å². The molecule has 132 valence electrons. The van der Waals surface area contributed by atoms with Crippen LogP contribution in [0.4, 0.5) is 5.69 Å². The summed E-state index contributed by atoms with van der Waals surface area (Å²) in [6, 6.07) is 7.04. The fourth-order valence-corrected chi connectivity index (χ4v) is 2.73. The fraction of sp³-hybridized carbons (Fsp3) is 0.421. The third-order valence-electron chi connectivity index (χ3n) is 4.31. The molecule has 6 heteroatoms. The van der Waals surface area contributed by atoms with Crippen LogP contribution in [0.1, 0.15) is 42.5 Å². The van der Waals surface area contributed by atoms with Gasteiger partial charge in [0, 0.05) is 6.04 Å². The Morgan fingerprint density at radius 2 is 1.88 bits per heavy atom. The molecule has 0 aromatic heterocycles. The van der Waals surface area contributed by atoms with Gasteiger partial charge >= 0.3 is 5.97 Å². The number of allylic oxidation sites excluding steroid dienone is 2. The number of rotatable bonds is 6. The molecule has 1 fully saturated rings. The molecule has 0 radical (unpaired) electrons. The van der Waals surface area contributed by atoms with Crippen molar-refractivity contribution in [3.05, 3.63) is 42.0 Å². The van der Waals surface area contributed by atoms with E-state index >= 15 is 0 Å². The van der Waals surface area contributed by atoms with E-state index in [9.17, 15) is 14.4 Å². The molecular formula is C19H22N2O4. The lowest BCUT2D eigenvalue weighted by molar-refractivity contribution is -0.151. The molecule has 1 aromatic rings. The fourth-order valence-electron chi connectivity index (χ4n) is 2.73. The molecule has 1 aromatic carbocycles. The van der Waals surface area contributed by atoms with Crippen molar-refractivity contribution in [2.24, 2.45) is 5.92 Å². The molecule has 2 aliphatic carbocycles. The van der Waals surface area contributed by atoms with Gasteiger partial charge in [-0.15, -0.1) is 0 Å². The number of benzene rings is 1. The van der Waals surface area contributed by atoms with Crippen LogP contribution in [0.2, 0.25) is 0 Å². The highest BCUT2D eigenvalue weighted by atomic mass is 16.5. The van der Waals surface area contributed by atoms with Gasteiger partial charge in [-0.1, -0.05) is 24.3 Å². The van der Waals surface area contributed by atoms with Gasteiger partial charge in [0.1, 0.15) is 0 Å². The molecule has 6 nitrogen and oxygen atoms in total. The molecule has 2 amide bonds. The van der Waals surface area contributed by atoms with E-state index in [4.69, 9.17) is 4.74 Å². The van der Waals surface area contributed by atoms with Crippen LogP contribution in [0, 0.1) is 5.92 Å². The van der Waals surface area contributed by atoms with Gasteiger partial charge in [0.25, 0.3) is 11.8 Å². The number of para-hydroxylation sites is 1. The average Bonchev–Trinajstić information content (AvgIpc) is 3.45. The predicted molar refractivity (Wildman–Crippen MR) is 93.0 cm³/mol. The first-order chi connectivity index (χ1) is 12.1. The van der Waals surface area contributed by atoms with Gasteiger partial charge in [0.05, 0.1) is 17.2 Å². The molecule has 0 unspecified atom stereocenters. The normalized spacial score (nSPS) is 19.1. The third-order valence-corrected chi connectivity index (χ3v) is 4.31. The van der Waals surface area contributed by atoms with Gasteiger partial charge in [0.15, 0.2) is 6.61 Å². The van der Waals surface area contributed by atoms with E-state index in [1.54, 1.807) is 24.3 Å². The minimum absolute atomic E-state index is 0.172. The van der Waals surface area contributed by atoms with Crippen LogP contribution in [-0.4, -0.2) is 30.4 Å². The zero-order valence-corrected chi connectivity index (χ0v) is 14.0. The molecule has 0 aliphatic heterocycles. The zero-order valence-electron chi connectivity index (χ0n) is 14.0. The molecule has 1 saturated carbocycles. The zero-order chi connectivity index (χ0) is 17.6.